The Morgan fingerprint density at radius 3 is 2.21 bits per heavy atom. The summed E-state index contributed by atoms with van der Waals surface area (Å²) >= 11 is 0. The predicted molar refractivity (Wildman–Crippen MR) is 97.8 cm³/mol. The van der Waals surface area contributed by atoms with Gasteiger partial charge in [0.2, 0.25) is 10.0 Å². The van der Waals surface area contributed by atoms with E-state index in [1.54, 1.807) is 26.2 Å². The standard InChI is InChI=1S/C18H24N2O3S/c1-4-24(21,22)20-17-9-7-16(8-10-17)14(2)19-13-15-5-11-18(23-3)12-6-15/h5-12,14,19-20H,4,13H2,1-3H3/t14-/m0/s1. The van der Waals surface area contributed by atoms with Crippen molar-refractivity contribution in [2.24, 2.45) is 0 Å². The predicted octanol–water partition coefficient (Wildman–Crippen LogP) is 3.31. The summed E-state index contributed by atoms with van der Waals surface area (Å²) in [5.41, 5.74) is 2.86. The lowest BCUT2D eigenvalue weighted by Crippen LogP contribution is -2.18. The summed E-state index contributed by atoms with van der Waals surface area (Å²) in [6.07, 6.45) is 0. The highest BCUT2D eigenvalue weighted by Crippen LogP contribution is 2.18. The first-order valence-electron chi connectivity index (χ1n) is 7.90. The monoisotopic (exact) mass is 348 g/mol. The molecule has 2 aromatic carbocycles. The van der Waals surface area contributed by atoms with E-state index in [2.05, 4.69) is 17.0 Å². The summed E-state index contributed by atoms with van der Waals surface area (Å²) in [4.78, 5) is 0. The van der Waals surface area contributed by atoms with Crippen LogP contribution in [0.25, 0.3) is 0 Å². The van der Waals surface area contributed by atoms with Crippen LogP contribution in [0.5, 0.6) is 5.75 Å². The maximum Gasteiger partial charge on any atom is 0.232 e. The molecule has 0 saturated heterocycles. The first-order chi connectivity index (χ1) is 11.4. The van der Waals surface area contributed by atoms with Crippen molar-refractivity contribution in [1.82, 2.24) is 5.32 Å². The van der Waals surface area contributed by atoms with E-state index in [-0.39, 0.29) is 11.8 Å². The third-order valence-corrected chi connectivity index (χ3v) is 5.14. The second-order valence-electron chi connectivity index (χ2n) is 5.58. The van der Waals surface area contributed by atoms with Crippen LogP contribution >= 0.6 is 0 Å². The molecule has 130 valence electrons. The lowest BCUT2D eigenvalue weighted by Gasteiger charge is -2.15. The zero-order chi connectivity index (χ0) is 17.6. The van der Waals surface area contributed by atoms with Crippen molar-refractivity contribution in [1.29, 1.82) is 0 Å². The van der Waals surface area contributed by atoms with Gasteiger partial charge in [-0.25, -0.2) is 8.42 Å². The summed E-state index contributed by atoms with van der Waals surface area (Å²) < 4.78 is 30.8. The summed E-state index contributed by atoms with van der Waals surface area (Å²) in [5, 5.41) is 3.45. The largest absolute Gasteiger partial charge is 0.497 e. The Morgan fingerprint density at radius 1 is 1.04 bits per heavy atom. The molecule has 1 atom stereocenters. The molecule has 5 nitrogen and oxygen atoms in total. The fourth-order valence-electron chi connectivity index (χ4n) is 2.22. The average Bonchev–Trinajstić information content (AvgIpc) is 2.60. The first kappa shape index (κ1) is 18.3. The molecule has 0 bridgehead atoms. The molecule has 0 amide bonds. The van der Waals surface area contributed by atoms with Crippen LogP contribution in [0.1, 0.15) is 31.0 Å². The number of ether oxygens (including phenoxy) is 1. The minimum absolute atomic E-state index is 0.0641. The van der Waals surface area contributed by atoms with Crippen LogP contribution in [0, 0.1) is 0 Å². The van der Waals surface area contributed by atoms with Gasteiger partial charge in [-0.2, -0.15) is 0 Å². The van der Waals surface area contributed by atoms with Crippen molar-refractivity contribution in [2.45, 2.75) is 26.4 Å². The van der Waals surface area contributed by atoms with Gasteiger partial charge >= 0.3 is 0 Å². The van der Waals surface area contributed by atoms with Crippen LogP contribution in [0.15, 0.2) is 48.5 Å². The Labute approximate surface area is 144 Å². The number of benzene rings is 2. The maximum atomic E-state index is 11.6. The highest BCUT2D eigenvalue weighted by Gasteiger charge is 2.08. The van der Waals surface area contributed by atoms with Gasteiger partial charge in [0.25, 0.3) is 0 Å². The molecule has 0 aliphatic rings. The lowest BCUT2D eigenvalue weighted by atomic mass is 10.1. The molecule has 0 unspecified atom stereocenters. The van der Waals surface area contributed by atoms with Crippen LogP contribution in [0.4, 0.5) is 5.69 Å². The van der Waals surface area contributed by atoms with E-state index in [0.717, 1.165) is 17.9 Å². The smallest absolute Gasteiger partial charge is 0.232 e. The molecule has 0 aliphatic heterocycles. The molecule has 0 saturated carbocycles. The highest BCUT2D eigenvalue weighted by atomic mass is 32.2. The zero-order valence-corrected chi connectivity index (χ0v) is 15.1. The minimum atomic E-state index is -3.23. The number of rotatable bonds is 8. The number of sulfonamides is 1. The molecule has 2 N–H and O–H groups in total. The van der Waals surface area contributed by atoms with Crippen LogP contribution in [-0.2, 0) is 16.6 Å². The SMILES string of the molecule is CCS(=O)(=O)Nc1ccc([C@H](C)NCc2ccc(OC)cc2)cc1. The van der Waals surface area contributed by atoms with Gasteiger partial charge in [0.05, 0.1) is 12.9 Å². The summed E-state index contributed by atoms with van der Waals surface area (Å²) in [6, 6.07) is 15.5. The van der Waals surface area contributed by atoms with E-state index >= 15 is 0 Å². The van der Waals surface area contributed by atoms with Gasteiger partial charge < -0.3 is 10.1 Å². The topological polar surface area (TPSA) is 67.4 Å². The minimum Gasteiger partial charge on any atom is -0.497 e. The molecule has 0 radical (unpaired) electrons. The summed E-state index contributed by atoms with van der Waals surface area (Å²) in [6.45, 7) is 4.44. The quantitative estimate of drug-likeness (QED) is 0.768. The fraction of sp³-hybridized carbons (Fsp3) is 0.333. The molecule has 0 heterocycles. The molecule has 0 fully saturated rings. The van der Waals surface area contributed by atoms with Crippen molar-refractivity contribution in [2.75, 3.05) is 17.6 Å². The van der Waals surface area contributed by atoms with Crippen molar-refractivity contribution in [3.8, 4) is 5.75 Å². The Balaban J connectivity index is 1.93. The van der Waals surface area contributed by atoms with Gasteiger partial charge in [0, 0.05) is 18.3 Å². The van der Waals surface area contributed by atoms with E-state index in [4.69, 9.17) is 4.74 Å². The molecule has 2 rings (SSSR count). The van der Waals surface area contributed by atoms with Crippen LogP contribution in [0.2, 0.25) is 0 Å². The second-order valence-corrected chi connectivity index (χ2v) is 7.59. The van der Waals surface area contributed by atoms with Crippen molar-refractivity contribution in [3.63, 3.8) is 0 Å². The number of hydrogen-bond donors (Lipinski definition) is 2. The van der Waals surface area contributed by atoms with Crippen LogP contribution in [-0.4, -0.2) is 21.3 Å². The highest BCUT2D eigenvalue weighted by molar-refractivity contribution is 7.92. The average molecular weight is 348 g/mol. The van der Waals surface area contributed by atoms with E-state index in [0.29, 0.717) is 5.69 Å². The summed E-state index contributed by atoms with van der Waals surface area (Å²) in [5.74, 6) is 0.908. The number of methoxy groups -OCH3 is 1. The van der Waals surface area contributed by atoms with Crippen LogP contribution in [0.3, 0.4) is 0 Å². The molecule has 0 aromatic heterocycles. The number of nitrogens with one attached hydrogen (secondary N) is 2. The summed E-state index contributed by atoms with van der Waals surface area (Å²) in [7, 11) is -1.58. The van der Waals surface area contributed by atoms with E-state index in [1.165, 1.54) is 5.56 Å². The maximum absolute atomic E-state index is 11.6. The van der Waals surface area contributed by atoms with Crippen molar-refractivity contribution < 1.29 is 13.2 Å². The Bertz CT molecular complexity index is 741. The van der Waals surface area contributed by atoms with E-state index in [1.807, 2.05) is 36.4 Å². The van der Waals surface area contributed by atoms with E-state index in [9.17, 15) is 8.42 Å². The van der Waals surface area contributed by atoms with Crippen LogP contribution < -0.4 is 14.8 Å². The molecule has 0 aliphatic carbocycles. The van der Waals surface area contributed by atoms with E-state index < -0.39 is 10.0 Å². The first-order valence-corrected chi connectivity index (χ1v) is 9.55. The lowest BCUT2D eigenvalue weighted by molar-refractivity contribution is 0.414. The molecule has 0 spiro atoms. The Hall–Kier alpha value is -2.05. The third-order valence-electron chi connectivity index (χ3n) is 3.84. The molecule has 6 heteroatoms. The molecular weight excluding hydrogens is 324 g/mol. The Kier molecular flexibility index (Phi) is 6.23. The van der Waals surface area contributed by atoms with Crippen molar-refractivity contribution >= 4 is 15.7 Å². The van der Waals surface area contributed by atoms with Crippen molar-refractivity contribution in [3.05, 3.63) is 59.7 Å². The van der Waals surface area contributed by atoms with Gasteiger partial charge in [0.1, 0.15) is 5.75 Å². The van der Waals surface area contributed by atoms with Gasteiger partial charge in [-0.3, -0.25) is 4.72 Å². The Morgan fingerprint density at radius 2 is 1.67 bits per heavy atom. The van der Waals surface area contributed by atoms with Gasteiger partial charge in [-0.05, 0) is 49.2 Å². The zero-order valence-electron chi connectivity index (χ0n) is 14.2. The second kappa shape index (κ2) is 8.17. The van der Waals surface area contributed by atoms with Gasteiger partial charge in [0.15, 0.2) is 0 Å². The molecule has 24 heavy (non-hydrogen) atoms. The fourth-order valence-corrected chi connectivity index (χ4v) is 2.86. The van der Waals surface area contributed by atoms with Gasteiger partial charge in [-0.15, -0.1) is 0 Å². The van der Waals surface area contributed by atoms with Gasteiger partial charge in [-0.1, -0.05) is 24.3 Å². The normalized spacial score (nSPS) is 12.6. The third kappa shape index (κ3) is 5.25. The molecule has 2 aromatic rings. The molecular formula is C18H24N2O3S. The number of hydrogen-bond acceptors (Lipinski definition) is 4. The number of anilines is 1.